The first-order chi connectivity index (χ1) is 12.4. The van der Waals surface area contributed by atoms with E-state index in [1.807, 2.05) is 6.20 Å². The molecule has 0 spiro atoms. The minimum absolute atomic E-state index is 0.0104. The number of carbonyl (C=O) groups is 2. The third-order valence-corrected chi connectivity index (χ3v) is 5.78. The van der Waals surface area contributed by atoms with Gasteiger partial charge in [-0.25, -0.2) is 9.97 Å². The van der Waals surface area contributed by atoms with Crippen molar-refractivity contribution >= 4 is 17.6 Å². The van der Waals surface area contributed by atoms with Gasteiger partial charge in [-0.3, -0.25) is 9.59 Å². The molecule has 26 heavy (non-hydrogen) atoms. The van der Waals surface area contributed by atoms with E-state index in [2.05, 4.69) is 41.0 Å². The average molecular weight is 359 g/mol. The summed E-state index contributed by atoms with van der Waals surface area (Å²) in [4.78, 5) is 35.2. The summed E-state index contributed by atoms with van der Waals surface area (Å²) in [6, 6.07) is -0.0104. The maximum absolute atomic E-state index is 12.6. The first-order valence-electron chi connectivity index (χ1n) is 9.53. The number of hydrogen-bond acceptors (Lipinski definition) is 5. The zero-order valence-corrected chi connectivity index (χ0v) is 15.9. The van der Waals surface area contributed by atoms with E-state index in [1.54, 1.807) is 6.33 Å². The molecule has 2 aliphatic rings. The number of aryl methyl sites for hydroxylation is 1. The van der Waals surface area contributed by atoms with Crippen LogP contribution in [0.25, 0.3) is 0 Å². The van der Waals surface area contributed by atoms with Crippen LogP contribution >= 0.6 is 0 Å². The first kappa shape index (κ1) is 18.6. The Labute approximate surface area is 154 Å². The number of nitrogens with zero attached hydrogens (tertiary/aromatic N) is 3. The molecule has 2 atom stereocenters. The summed E-state index contributed by atoms with van der Waals surface area (Å²) >= 11 is 0. The molecule has 1 aliphatic carbocycles. The molecule has 2 fully saturated rings. The van der Waals surface area contributed by atoms with Gasteiger partial charge in [-0.2, -0.15) is 0 Å². The van der Waals surface area contributed by atoms with Gasteiger partial charge in [0.05, 0.1) is 6.04 Å². The fourth-order valence-corrected chi connectivity index (χ4v) is 3.93. The Morgan fingerprint density at radius 1 is 1.38 bits per heavy atom. The van der Waals surface area contributed by atoms with Gasteiger partial charge in [0.2, 0.25) is 11.8 Å². The summed E-state index contributed by atoms with van der Waals surface area (Å²) < 4.78 is 0. The Balaban J connectivity index is 1.77. The summed E-state index contributed by atoms with van der Waals surface area (Å²) in [5.41, 5.74) is 5.61. The van der Waals surface area contributed by atoms with Gasteiger partial charge in [-0.15, -0.1) is 0 Å². The average Bonchev–Trinajstić information content (AvgIpc) is 3.32. The molecule has 142 valence electrons. The maximum Gasteiger partial charge on any atom is 0.235 e. The van der Waals surface area contributed by atoms with Gasteiger partial charge in [0.1, 0.15) is 17.6 Å². The quantitative estimate of drug-likeness (QED) is 0.714. The largest absolute Gasteiger partial charge is 0.369 e. The summed E-state index contributed by atoms with van der Waals surface area (Å²) in [6.07, 6.45) is 6.54. The van der Waals surface area contributed by atoms with Crippen LogP contribution in [0.5, 0.6) is 0 Å². The molecule has 7 heteroatoms. The van der Waals surface area contributed by atoms with Crippen molar-refractivity contribution in [3.63, 3.8) is 0 Å². The van der Waals surface area contributed by atoms with E-state index in [4.69, 9.17) is 5.73 Å². The van der Waals surface area contributed by atoms with E-state index < -0.39 is 11.3 Å². The molecular weight excluding hydrogens is 330 g/mol. The van der Waals surface area contributed by atoms with Gasteiger partial charge in [-0.1, -0.05) is 27.2 Å². The van der Waals surface area contributed by atoms with Gasteiger partial charge in [-0.05, 0) is 25.2 Å². The molecule has 0 bridgehead atoms. The van der Waals surface area contributed by atoms with Crippen LogP contribution in [0, 0.1) is 17.3 Å². The number of aromatic nitrogens is 2. The number of primary amides is 1. The van der Waals surface area contributed by atoms with Crippen molar-refractivity contribution in [1.29, 1.82) is 0 Å². The fraction of sp³-hybridized carbons (Fsp3) is 0.684. The lowest BCUT2D eigenvalue weighted by atomic mass is 9.90. The highest BCUT2D eigenvalue weighted by molar-refractivity contribution is 6.07. The molecule has 1 saturated carbocycles. The lowest BCUT2D eigenvalue weighted by Crippen LogP contribution is -2.48. The molecule has 7 nitrogen and oxygen atoms in total. The number of hydrogen-bond donors (Lipinski definition) is 2. The Kier molecular flexibility index (Phi) is 5.16. The monoisotopic (exact) mass is 359 g/mol. The number of carbonyl (C=O) groups excluding carboxylic acids is 2. The second kappa shape index (κ2) is 7.21. The van der Waals surface area contributed by atoms with Crippen molar-refractivity contribution in [3.05, 3.63) is 18.1 Å². The van der Waals surface area contributed by atoms with Crippen LogP contribution in [-0.2, 0) is 16.0 Å². The first-order valence-corrected chi connectivity index (χ1v) is 9.53. The second-order valence-corrected chi connectivity index (χ2v) is 7.96. The van der Waals surface area contributed by atoms with Crippen molar-refractivity contribution in [2.24, 2.45) is 23.0 Å². The second-order valence-electron chi connectivity index (χ2n) is 7.96. The van der Waals surface area contributed by atoms with Gasteiger partial charge in [0.15, 0.2) is 0 Å². The molecular formula is C19H29N5O2. The Morgan fingerprint density at radius 3 is 2.69 bits per heavy atom. The molecule has 2 amide bonds. The number of anilines is 1. The van der Waals surface area contributed by atoms with Crippen LogP contribution in [0.2, 0.25) is 0 Å². The molecule has 1 saturated heterocycles. The van der Waals surface area contributed by atoms with Crippen molar-refractivity contribution in [3.8, 4) is 0 Å². The molecule has 3 rings (SSSR count). The number of rotatable bonds is 7. The normalized spacial score (nSPS) is 23.9. The third-order valence-electron chi connectivity index (χ3n) is 5.78. The van der Waals surface area contributed by atoms with Gasteiger partial charge in [0.25, 0.3) is 0 Å². The Hall–Kier alpha value is -2.18. The summed E-state index contributed by atoms with van der Waals surface area (Å²) in [6.45, 7) is 8.00. The molecule has 1 aromatic heterocycles. The van der Waals surface area contributed by atoms with E-state index in [0.29, 0.717) is 31.2 Å². The molecule has 3 N–H and O–H groups in total. The lowest BCUT2D eigenvalue weighted by molar-refractivity contribution is -0.136. The topological polar surface area (TPSA) is 101 Å². The van der Waals surface area contributed by atoms with Gasteiger partial charge < -0.3 is 16.0 Å². The highest BCUT2D eigenvalue weighted by atomic mass is 16.2. The molecule has 1 aliphatic heterocycles. The van der Waals surface area contributed by atoms with Crippen molar-refractivity contribution in [2.45, 2.75) is 52.5 Å². The molecule has 0 radical (unpaired) electrons. The van der Waals surface area contributed by atoms with Crippen LogP contribution in [-0.4, -0.2) is 40.9 Å². The van der Waals surface area contributed by atoms with Crippen LogP contribution in [0.15, 0.2) is 12.5 Å². The number of nitrogens with two attached hydrogens (primary N) is 1. The highest BCUT2D eigenvalue weighted by Crippen LogP contribution is 2.46. The minimum Gasteiger partial charge on any atom is -0.369 e. The summed E-state index contributed by atoms with van der Waals surface area (Å²) in [7, 11) is 0. The smallest absolute Gasteiger partial charge is 0.235 e. The van der Waals surface area contributed by atoms with Crippen LogP contribution in [0.1, 0.15) is 45.6 Å². The molecule has 2 heterocycles. The standard InChI is InChI=1S/C19H29N5O2/c1-4-5-13-8-21-11-22-16(13)24-9-14(12(2)3)15(10-24)23-18(26)19(6-7-19)17(20)25/h8,11-12,14-15H,4-7,9-10H2,1-3H3,(H2,20,25)(H,23,26)/t14-,15+/m0/s1. The molecule has 0 unspecified atom stereocenters. The third kappa shape index (κ3) is 3.39. The molecule has 1 aromatic rings. The van der Waals surface area contributed by atoms with Crippen LogP contribution < -0.4 is 16.0 Å². The number of nitrogens with one attached hydrogen (secondary N) is 1. The highest BCUT2D eigenvalue weighted by Gasteiger charge is 2.56. The minimum atomic E-state index is -0.975. The predicted molar refractivity (Wildman–Crippen MR) is 99.4 cm³/mol. The van der Waals surface area contributed by atoms with E-state index in [0.717, 1.165) is 30.8 Å². The van der Waals surface area contributed by atoms with Gasteiger partial charge in [0, 0.05) is 30.8 Å². The zero-order valence-electron chi connectivity index (χ0n) is 15.9. The van der Waals surface area contributed by atoms with Crippen molar-refractivity contribution < 1.29 is 9.59 Å². The van der Waals surface area contributed by atoms with Crippen molar-refractivity contribution in [2.75, 3.05) is 18.0 Å². The predicted octanol–water partition coefficient (Wildman–Crippen LogP) is 1.27. The Morgan fingerprint density at radius 2 is 2.12 bits per heavy atom. The van der Waals surface area contributed by atoms with Gasteiger partial charge >= 0.3 is 0 Å². The van der Waals surface area contributed by atoms with E-state index in [1.165, 1.54) is 0 Å². The SMILES string of the molecule is CCCc1cncnc1N1C[C@@H](NC(=O)C2(C(N)=O)CC2)[C@H](C(C)C)C1. The maximum atomic E-state index is 12.6. The molecule has 0 aromatic carbocycles. The Bertz CT molecular complexity index is 686. The fourth-order valence-electron chi connectivity index (χ4n) is 3.93. The van der Waals surface area contributed by atoms with Crippen LogP contribution in [0.3, 0.4) is 0 Å². The summed E-state index contributed by atoms with van der Waals surface area (Å²) in [5.74, 6) is 0.948. The van der Waals surface area contributed by atoms with E-state index >= 15 is 0 Å². The zero-order chi connectivity index (χ0) is 18.9. The summed E-state index contributed by atoms with van der Waals surface area (Å²) in [5, 5.41) is 3.12. The van der Waals surface area contributed by atoms with E-state index in [9.17, 15) is 9.59 Å². The van der Waals surface area contributed by atoms with E-state index in [-0.39, 0.29) is 11.9 Å². The van der Waals surface area contributed by atoms with Crippen LogP contribution in [0.4, 0.5) is 5.82 Å². The lowest BCUT2D eigenvalue weighted by Gasteiger charge is -2.24. The number of amides is 2. The van der Waals surface area contributed by atoms with Crippen molar-refractivity contribution in [1.82, 2.24) is 15.3 Å².